The zero-order valence-electron chi connectivity index (χ0n) is 10.4. The number of aliphatic hydroxyl groups is 1. The molecule has 2 heterocycles. The normalized spacial score (nSPS) is 12.6. The molecule has 0 fully saturated rings. The third-order valence-corrected chi connectivity index (χ3v) is 3.45. The number of aromatic hydroxyl groups is 1. The Balaban J connectivity index is 2.51. The van der Waals surface area contributed by atoms with E-state index in [0.717, 1.165) is 0 Å². The molecule has 2 aromatic heterocycles. The number of hydrogen-bond acceptors (Lipinski definition) is 6. The average Bonchev–Trinajstić information content (AvgIpc) is 2.68. The number of hydrogen-bond donors (Lipinski definition) is 3. The first kappa shape index (κ1) is 13.5. The second-order valence-electron chi connectivity index (χ2n) is 4.17. The molecule has 19 heavy (non-hydrogen) atoms. The van der Waals surface area contributed by atoms with E-state index in [0.29, 0.717) is 10.7 Å². The van der Waals surface area contributed by atoms with E-state index in [4.69, 9.17) is 5.11 Å². The van der Waals surface area contributed by atoms with Gasteiger partial charge in [-0.05, 0) is 13.8 Å². The number of thiazole rings is 1. The second kappa shape index (κ2) is 4.98. The fraction of sp³-hybridized carbons (Fsp3) is 0.364. The van der Waals surface area contributed by atoms with Gasteiger partial charge >= 0.3 is 0 Å². The minimum absolute atomic E-state index is 0.0109. The third kappa shape index (κ3) is 2.45. The van der Waals surface area contributed by atoms with Crippen LogP contribution in [0.5, 0.6) is 5.88 Å². The van der Waals surface area contributed by atoms with Crippen molar-refractivity contribution in [3.05, 3.63) is 27.0 Å². The topological polar surface area (TPSA) is 104 Å². The molecule has 0 aliphatic heterocycles. The van der Waals surface area contributed by atoms with Crippen molar-refractivity contribution in [3.63, 3.8) is 0 Å². The molecule has 0 aliphatic rings. The Morgan fingerprint density at radius 1 is 1.63 bits per heavy atom. The van der Waals surface area contributed by atoms with Crippen LogP contribution in [0, 0.1) is 6.92 Å². The molecule has 0 spiro atoms. The van der Waals surface area contributed by atoms with Crippen molar-refractivity contribution in [2.24, 2.45) is 0 Å². The van der Waals surface area contributed by atoms with Gasteiger partial charge in [-0.1, -0.05) is 0 Å². The minimum Gasteiger partial charge on any atom is -0.492 e. The van der Waals surface area contributed by atoms with Crippen molar-refractivity contribution in [2.45, 2.75) is 20.0 Å². The van der Waals surface area contributed by atoms with Gasteiger partial charge in [0.2, 0.25) is 5.88 Å². The molecule has 8 heteroatoms. The molecule has 2 rings (SSSR count). The van der Waals surface area contributed by atoms with Gasteiger partial charge in [0.1, 0.15) is 0 Å². The Hall–Kier alpha value is -1.93. The van der Waals surface area contributed by atoms with Gasteiger partial charge in [-0.25, -0.2) is 0 Å². The summed E-state index contributed by atoms with van der Waals surface area (Å²) in [4.78, 5) is 28.1. The molecule has 0 bridgehead atoms. The second-order valence-corrected chi connectivity index (χ2v) is 5.01. The van der Waals surface area contributed by atoms with Crippen LogP contribution in [0.1, 0.15) is 23.0 Å². The first-order valence-electron chi connectivity index (χ1n) is 5.58. The van der Waals surface area contributed by atoms with Crippen molar-refractivity contribution < 1.29 is 15.0 Å². The summed E-state index contributed by atoms with van der Waals surface area (Å²) < 4.78 is 1.27. The van der Waals surface area contributed by atoms with Gasteiger partial charge in [-0.2, -0.15) is 4.98 Å². The predicted molar refractivity (Wildman–Crippen MR) is 69.8 cm³/mol. The number of amides is 1. The predicted octanol–water partition coefficient (Wildman–Crippen LogP) is -0.119. The Labute approximate surface area is 112 Å². The fourth-order valence-electron chi connectivity index (χ4n) is 1.60. The van der Waals surface area contributed by atoms with Crippen LogP contribution in [0.3, 0.4) is 0 Å². The van der Waals surface area contributed by atoms with Gasteiger partial charge in [-0.3, -0.25) is 14.0 Å². The monoisotopic (exact) mass is 283 g/mol. The van der Waals surface area contributed by atoms with E-state index >= 15 is 0 Å². The third-order valence-electron chi connectivity index (χ3n) is 2.51. The highest BCUT2D eigenvalue weighted by molar-refractivity contribution is 7.15. The maximum atomic E-state index is 12.2. The molecule has 102 valence electrons. The van der Waals surface area contributed by atoms with Crippen molar-refractivity contribution >= 4 is 22.2 Å². The first-order valence-corrected chi connectivity index (χ1v) is 6.46. The van der Waals surface area contributed by atoms with Gasteiger partial charge in [0, 0.05) is 17.6 Å². The highest BCUT2D eigenvalue weighted by Crippen LogP contribution is 2.17. The van der Waals surface area contributed by atoms with Crippen molar-refractivity contribution in [3.8, 4) is 5.88 Å². The summed E-state index contributed by atoms with van der Waals surface area (Å²) >= 11 is 1.20. The van der Waals surface area contributed by atoms with Gasteiger partial charge in [0.05, 0.1) is 6.10 Å². The number of carbonyl (C=O) groups excluding carboxylic acids is 1. The molecule has 0 saturated carbocycles. The van der Waals surface area contributed by atoms with Crippen molar-refractivity contribution in [2.75, 3.05) is 6.54 Å². The van der Waals surface area contributed by atoms with Crippen LogP contribution in [-0.4, -0.2) is 38.2 Å². The Morgan fingerprint density at radius 2 is 2.32 bits per heavy atom. The lowest BCUT2D eigenvalue weighted by atomic mass is 10.3. The minimum atomic E-state index is -0.754. The quantitative estimate of drug-likeness (QED) is 0.728. The summed E-state index contributed by atoms with van der Waals surface area (Å²) in [6, 6.07) is 0. The Morgan fingerprint density at radius 3 is 2.95 bits per heavy atom. The highest BCUT2D eigenvalue weighted by Gasteiger charge is 2.21. The van der Waals surface area contributed by atoms with E-state index in [2.05, 4.69) is 10.3 Å². The number of aromatic nitrogens is 2. The number of aryl methyl sites for hydroxylation is 1. The lowest BCUT2D eigenvalue weighted by molar-refractivity contribution is 0.0919. The molecule has 1 unspecified atom stereocenters. The standard InChI is InChI=1S/C11H13N3O4S/c1-5-4-19-11-13-9(17)7(10(18)14(5)11)8(16)12-3-6(2)15/h4,6,15,17H,3H2,1-2H3,(H,12,16). The first-order chi connectivity index (χ1) is 8.91. The van der Waals surface area contributed by atoms with E-state index in [9.17, 15) is 14.7 Å². The number of nitrogens with zero attached hydrogens (tertiary/aromatic N) is 2. The zero-order chi connectivity index (χ0) is 14.2. The Bertz CT molecular complexity index is 689. The van der Waals surface area contributed by atoms with Crippen LogP contribution in [0.4, 0.5) is 0 Å². The van der Waals surface area contributed by atoms with E-state index in [1.54, 1.807) is 12.3 Å². The lowest BCUT2D eigenvalue weighted by Gasteiger charge is -2.08. The SMILES string of the molecule is Cc1csc2nc(O)c(C(=O)NCC(C)O)c(=O)n12. The maximum Gasteiger partial charge on any atom is 0.275 e. The van der Waals surface area contributed by atoms with Crippen LogP contribution >= 0.6 is 11.3 Å². The molecule has 0 aliphatic carbocycles. The van der Waals surface area contributed by atoms with Gasteiger partial charge < -0.3 is 15.5 Å². The number of aliphatic hydroxyl groups excluding tert-OH is 1. The zero-order valence-corrected chi connectivity index (χ0v) is 11.2. The largest absolute Gasteiger partial charge is 0.492 e. The van der Waals surface area contributed by atoms with E-state index in [-0.39, 0.29) is 6.54 Å². The number of fused-ring (bicyclic) bond motifs is 1. The van der Waals surface area contributed by atoms with Crippen LogP contribution in [0.25, 0.3) is 4.96 Å². The van der Waals surface area contributed by atoms with Crippen LogP contribution in [0.15, 0.2) is 10.2 Å². The smallest absolute Gasteiger partial charge is 0.275 e. The summed E-state index contributed by atoms with van der Waals surface area (Å²) in [6.45, 7) is 3.20. The molecule has 1 amide bonds. The fourth-order valence-corrected chi connectivity index (χ4v) is 2.45. The molecule has 7 nitrogen and oxygen atoms in total. The summed E-state index contributed by atoms with van der Waals surface area (Å²) in [5, 5.41) is 22.9. The van der Waals surface area contributed by atoms with Crippen molar-refractivity contribution in [1.29, 1.82) is 0 Å². The molecule has 0 aromatic carbocycles. The van der Waals surface area contributed by atoms with Gasteiger partial charge in [0.25, 0.3) is 11.5 Å². The van der Waals surface area contributed by atoms with Crippen molar-refractivity contribution in [1.82, 2.24) is 14.7 Å². The molecule has 3 N–H and O–H groups in total. The summed E-state index contributed by atoms with van der Waals surface area (Å²) in [5.74, 6) is -1.36. The summed E-state index contributed by atoms with van der Waals surface area (Å²) in [7, 11) is 0. The van der Waals surface area contributed by atoms with Crippen LogP contribution in [-0.2, 0) is 0 Å². The summed E-state index contributed by atoms with van der Waals surface area (Å²) in [6.07, 6.45) is -0.742. The van der Waals surface area contributed by atoms with E-state index < -0.39 is 29.0 Å². The number of rotatable bonds is 3. The van der Waals surface area contributed by atoms with Gasteiger partial charge in [-0.15, -0.1) is 11.3 Å². The van der Waals surface area contributed by atoms with E-state index in [1.165, 1.54) is 22.7 Å². The van der Waals surface area contributed by atoms with Crippen LogP contribution in [0.2, 0.25) is 0 Å². The summed E-state index contributed by atoms with van der Waals surface area (Å²) in [5.41, 5.74) is -0.397. The average molecular weight is 283 g/mol. The Kier molecular flexibility index (Phi) is 3.54. The number of carbonyl (C=O) groups is 1. The molecular weight excluding hydrogens is 270 g/mol. The highest BCUT2D eigenvalue weighted by atomic mass is 32.1. The molecule has 0 saturated heterocycles. The molecule has 2 aromatic rings. The molecule has 0 radical (unpaired) electrons. The lowest BCUT2D eigenvalue weighted by Crippen LogP contribution is -2.35. The molecular formula is C11H13N3O4S. The van der Waals surface area contributed by atoms with Gasteiger partial charge in [0.15, 0.2) is 10.5 Å². The number of nitrogens with one attached hydrogen (secondary N) is 1. The maximum absolute atomic E-state index is 12.2. The van der Waals surface area contributed by atoms with Crippen LogP contribution < -0.4 is 10.9 Å². The van der Waals surface area contributed by atoms with E-state index in [1.807, 2.05) is 0 Å². The molecule has 1 atom stereocenters.